The molecule has 1 N–H and O–H groups in total. The number of fused-ring (bicyclic) bond motifs is 4. The molecule has 0 unspecified atom stereocenters. The van der Waals surface area contributed by atoms with Gasteiger partial charge in [0.25, 0.3) is 0 Å². The Hall–Kier alpha value is -2.60. The van der Waals surface area contributed by atoms with Gasteiger partial charge in [0.1, 0.15) is 17.5 Å². The Balaban J connectivity index is 1.82. The summed E-state index contributed by atoms with van der Waals surface area (Å²) in [5.74, 6) is 1.32. The molecule has 0 aromatic heterocycles. The molecule has 1 aromatic carbocycles. The van der Waals surface area contributed by atoms with Crippen LogP contribution in [-0.4, -0.2) is 66.9 Å². The van der Waals surface area contributed by atoms with Gasteiger partial charge in [-0.1, -0.05) is 12.7 Å². The Labute approximate surface area is 166 Å². The van der Waals surface area contributed by atoms with E-state index in [1.54, 1.807) is 6.08 Å². The van der Waals surface area contributed by atoms with E-state index in [2.05, 4.69) is 28.7 Å². The number of hydrogen-bond acceptors (Lipinski definition) is 5. The van der Waals surface area contributed by atoms with Gasteiger partial charge in [-0.15, -0.1) is 0 Å². The van der Waals surface area contributed by atoms with Gasteiger partial charge in [0.15, 0.2) is 0 Å². The summed E-state index contributed by atoms with van der Waals surface area (Å²) >= 11 is 0. The van der Waals surface area contributed by atoms with Gasteiger partial charge < -0.3 is 15.1 Å². The molecule has 0 amide bonds. The van der Waals surface area contributed by atoms with Crippen molar-refractivity contribution in [1.29, 1.82) is 0 Å². The zero-order valence-corrected chi connectivity index (χ0v) is 16.7. The molecule has 4 bridgehead atoms. The highest BCUT2D eigenvalue weighted by molar-refractivity contribution is 5.95. The Morgan fingerprint density at radius 1 is 1.25 bits per heavy atom. The normalized spacial score (nSPS) is 25.7. The van der Waals surface area contributed by atoms with Crippen LogP contribution in [0.25, 0.3) is 5.57 Å². The van der Waals surface area contributed by atoms with E-state index < -0.39 is 0 Å². The van der Waals surface area contributed by atoms with Crippen molar-refractivity contribution >= 4 is 17.1 Å². The molecular formula is C22H28FN5. The maximum atomic E-state index is 14.7. The molecule has 0 saturated carbocycles. The molecule has 1 saturated heterocycles. The molecular weight excluding hydrogens is 353 g/mol. The molecule has 0 aliphatic carbocycles. The van der Waals surface area contributed by atoms with Gasteiger partial charge in [-0.25, -0.2) is 9.38 Å². The third-order valence-corrected chi connectivity index (χ3v) is 5.86. The number of nitrogens with zero attached hydrogens (tertiary/aromatic N) is 4. The number of benzene rings is 1. The molecule has 0 radical (unpaired) electrons. The number of anilines is 1. The summed E-state index contributed by atoms with van der Waals surface area (Å²) in [6.07, 6.45) is 8.09. The number of halogens is 1. The van der Waals surface area contributed by atoms with Crippen molar-refractivity contribution in [3.8, 4) is 0 Å². The van der Waals surface area contributed by atoms with Crippen LogP contribution in [0, 0.1) is 5.82 Å². The maximum Gasteiger partial charge on any atom is 0.142 e. The summed E-state index contributed by atoms with van der Waals surface area (Å²) in [6.45, 7) is 7.85. The van der Waals surface area contributed by atoms with Crippen molar-refractivity contribution in [2.45, 2.75) is 18.9 Å². The number of allylic oxidation sites excluding steroid dienone is 2. The average Bonchev–Trinajstić information content (AvgIpc) is 3.15. The van der Waals surface area contributed by atoms with Crippen molar-refractivity contribution in [2.24, 2.45) is 4.99 Å². The van der Waals surface area contributed by atoms with E-state index in [0.717, 1.165) is 37.7 Å². The number of aliphatic imine (C=N–C) groups is 1. The summed E-state index contributed by atoms with van der Waals surface area (Å²) in [7, 11) is 3.99. The van der Waals surface area contributed by atoms with Crippen LogP contribution in [0.4, 0.5) is 10.1 Å². The first-order chi connectivity index (χ1) is 13.6. The van der Waals surface area contributed by atoms with E-state index >= 15 is 0 Å². The maximum absolute atomic E-state index is 14.7. The van der Waals surface area contributed by atoms with Crippen LogP contribution in [0.15, 0.2) is 53.9 Å². The van der Waals surface area contributed by atoms with Crippen molar-refractivity contribution in [1.82, 2.24) is 14.7 Å². The van der Waals surface area contributed by atoms with Gasteiger partial charge in [-0.05, 0) is 43.7 Å². The quantitative estimate of drug-likeness (QED) is 0.809. The van der Waals surface area contributed by atoms with Crippen molar-refractivity contribution < 1.29 is 4.39 Å². The third kappa shape index (κ3) is 3.56. The Kier molecular flexibility index (Phi) is 5.22. The summed E-state index contributed by atoms with van der Waals surface area (Å²) < 4.78 is 14.7. The first-order valence-corrected chi connectivity index (χ1v) is 9.92. The minimum atomic E-state index is -0.268. The first-order valence-electron chi connectivity index (χ1n) is 9.92. The van der Waals surface area contributed by atoms with Gasteiger partial charge in [-0.2, -0.15) is 0 Å². The fourth-order valence-corrected chi connectivity index (χ4v) is 4.15. The van der Waals surface area contributed by atoms with Gasteiger partial charge in [-0.3, -0.25) is 4.90 Å². The molecule has 1 fully saturated rings. The second-order valence-electron chi connectivity index (χ2n) is 7.67. The minimum absolute atomic E-state index is 0.268. The minimum Gasteiger partial charge on any atom is -0.383 e. The van der Waals surface area contributed by atoms with Crippen LogP contribution < -0.4 is 5.32 Å². The van der Waals surface area contributed by atoms with Crippen LogP contribution in [0.2, 0.25) is 0 Å². The van der Waals surface area contributed by atoms with Crippen LogP contribution in [0.1, 0.15) is 18.4 Å². The molecule has 1 atom stereocenters. The average molecular weight is 381 g/mol. The summed E-state index contributed by atoms with van der Waals surface area (Å²) in [5.41, 5.74) is 2.14. The number of rotatable bonds is 1. The Morgan fingerprint density at radius 2 is 2.11 bits per heavy atom. The summed E-state index contributed by atoms with van der Waals surface area (Å²) in [5, 5.41) is 3.52. The first kappa shape index (κ1) is 18.7. The van der Waals surface area contributed by atoms with E-state index in [1.807, 2.05) is 36.4 Å². The summed E-state index contributed by atoms with van der Waals surface area (Å²) in [4.78, 5) is 11.5. The van der Waals surface area contributed by atoms with E-state index in [0.29, 0.717) is 23.0 Å². The van der Waals surface area contributed by atoms with E-state index in [1.165, 1.54) is 18.9 Å². The highest BCUT2D eigenvalue weighted by Crippen LogP contribution is 2.30. The largest absolute Gasteiger partial charge is 0.383 e. The lowest BCUT2D eigenvalue weighted by molar-refractivity contribution is 0.245. The topological polar surface area (TPSA) is 34.1 Å². The zero-order valence-electron chi connectivity index (χ0n) is 16.7. The van der Waals surface area contributed by atoms with E-state index in [9.17, 15) is 4.39 Å². The van der Waals surface area contributed by atoms with Crippen LogP contribution in [0.5, 0.6) is 0 Å². The number of nitrogens with one attached hydrogen (secondary N) is 1. The molecule has 4 rings (SSSR count). The number of hydrogen-bond donors (Lipinski definition) is 1. The van der Waals surface area contributed by atoms with Crippen LogP contribution in [0.3, 0.4) is 0 Å². The fraction of sp³-hybridized carbons (Fsp3) is 0.409. The third-order valence-electron chi connectivity index (χ3n) is 5.86. The fourth-order valence-electron chi connectivity index (χ4n) is 4.15. The smallest absolute Gasteiger partial charge is 0.142 e. The lowest BCUT2D eigenvalue weighted by Gasteiger charge is -2.31. The lowest BCUT2D eigenvalue weighted by Crippen LogP contribution is -2.41. The van der Waals surface area contributed by atoms with E-state index in [-0.39, 0.29) is 5.82 Å². The standard InChI is InChI=1S/C22H28FN5/c1-4-18-19-14-16(7-8-20(19)23)24-15-17-6-5-10-28(17)13-12-26(2)21-9-11-27(3)22(18)25-21/h4,7-9,11,14,17,24H,1,5-6,10,12-13,15H2,2-3H3/b22-18+/t17-/m0/s1. The molecule has 5 nitrogen and oxygen atoms in total. The van der Waals surface area contributed by atoms with Crippen molar-refractivity contribution in [3.63, 3.8) is 0 Å². The van der Waals surface area contributed by atoms with Crippen LogP contribution >= 0.6 is 0 Å². The highest BCUT2D eigenvalue weighted by atomic mass is 19.1. The molecule has 0 spiro atoms. The molecule has 148 valence electrons. The van der Waals surface area contributed by atoms with E-state index in [4.69, 9.17) is 4.99 Å². The highest BCUT2D eigenvalue weighted by Gasteiger charge is 2.25. The SMILES string of the molecule is C=C/C1=C2/N=C(C=CN2C)N(C)CCN2CCC[C@H]2CNc2ccc(F)c1c2. The Morgan fingerprint density at radius 3 is 2.93 bits per heavy atom. The molecule has 28 heavy (non-hydrogen) atoms. The summed E-state index contributed by atoms with van der Waals surface area (Å²) in [6, 6.07) is 5.71. The molecule has 1 aromatic rings. The molecule has 6 heteroatoms. The van der Waals surface area contributed by atoms with Gasteiger partial charge in [0.2, 0.25) is 0 Å². The van der Waals surface area contributed by atoms with Crippen molar-refractivity contribution in [3.05, 3.63) is 60.3 Å². The second kappa shape index (κ2) is 7.80. The number of amidine groups is 1. The number of likely N-dealkylation sites (N-methyl/N-ethyl adjacent to an activating group) is 1. The van der Waals surface area contributed by atoms with Crippen molar-refractivity contribution in [2.75, 3.05) is 45.6 Å². The predicted octanol–water partition coefficient (Wildman–Crippen LogP) is 3.36. The van der Waals surface area contributed by atoms with Crippen LogP contribution in [-0.2, 0) is 0 Å². The lowest BCUT2D eigenvalue weighted by atomic mass is 10.0. The van der Waals surface area contributed by atoms with Gasteiger partial charge in [0, 0.05) is 62.8 Å². The monoisotopic (exact) mass is 381 g/mol. The molecule has 3 aliphatic rings. The van der Waals surface area contributed by atoms with Gasteiger partial charge >= 0.3 is 0 Å². The molecule has 3 heterocycles. The van der Waals surface area contributed by atoms with Gasteiger partial charge in [0.05, 0.1) is 0 Å². The Bertz CT molecular complexity index is 856. The molecule has 3 aliphatic heterocycles. The second-order valence-corrected chi connectivity index (χ2v) is 7.67. The zero-order chi connectivity index (χ0) is 19.7. The predicted molar refractivity (Wildman–Crippen MR) is 114 cm³/mol.